The van der Waals surface area contributed by atoms with Crippen LogP contribution in [0.15, 0.2) is 22.1 Å². The maximum Gasteiger partial charge on any atom is 0.145 e. The molecule has 0 spiro atoms. The predicted octanol–water partition coefficient (Wildman–Crippen LogP) is 4.77. The van der Waals surface area contributed by atoms with Crippen LogP contribution in [0.3, 0.4) is 0 Å². The molecule has 11 fully saturated rings. The van der Waals surface area contributed by atoms with E-state index >= 15 is 0 Å². The third-order valence-electron chi connectivity index (χ3n) is 20.9. The Morgan fingerprint density at radius 3 is 1.84 bits per heavy atom. The monoisotopic (exact) mass is 805 g/mol. The number of fused-ring (bicyclic) bond motifs is 13. The molecule has 6 aliphatic heterocycles. The van der Waals surface area contributed by atoms with Crippen molar-refractivity contribution in [3.63, 3.8) is 0 Å². The van der Waals surface area contributed by atoms with Crippen LogP contribution in [0.25, 0.3) is 0 Å². The molecule has 11 rings (SSSR count). The molecule has 0 amide bonds. The Labute approximate surface area is 351 Å². The molecule has 0 N–H and O–H groups in total. The summed E-state index contributed by atoms with van der Waals surface area (Å²) < 4.78 is 14.8. The van der Waals surface area contributed by atoms with Crippen LogP contribution >= 0.6 is 0 Å². The average Bonchev–Trinajstić information content (AvgIpc) is 3.60. The highest BCUT2D eigenvalue weighted by molar-refractivity contribution is 5.62. The number of allylic oxidation sites excluding steroid dienone is 1. The number of ether oxygens (including phenoxy) is 2. The van der Waals surface area contributed by atoms with Gasteiger partial charge in [-0.2, -0.15) is 0 Å². The molecule has 6 saturated heterocycles. The normalized spacial score (nSPS) is 49.3. The van der Waals surface area contributed by atoms with Crippen molar-refractivity contribution in [3.8, 4) is 0 Å². The molecule has 4 unspecified atom stereocenters. The summed E-state index contributed by atoms with van der Waals surface area (Å²) in [6.07, 6.45) is 10.9. The van der Waals surface area contributed by atoms with Crippen LogP contribution in [-0.4, -0.2) is 148 Å². The second kappa shape index (κ2) is 14.9. The number of quaternary nitrogens is 2. The molecule has 0 aromatic heterocycles. The second-order valence-electron chi connectivity index (χ2n) is 23.3. The number of aliphatic imine (C=N–C) groups is 2. The average molecular weight is 805 g/mol. The molecular weight excluding hydrogens is 725 g/mol. The van der Waals surface area contributed by atoms with E-state index in [2.05, 4.69) is 67.9 Å². The molecule has 10 heteroatoms. The van der Waals surface area contributed by atoms with Crippen molar-refractivity contribution >= 4 is 12.2 Å². The molecule has 4 bridgehead atoms. The van der Waals surface area contributed by atoms with Crippen molar-refractivity contribution in [3.05, 3.63) is 12.2 Å². The zero-order valence-corrected chi connectivity index (χ0v) is 37.6. The third-order valence-corrected chi connectivity index (χ3v) is 20.9. The minimum atomic E-state index is -0.336. The zero-order chi connectivity index (χ0) is 40.8. The van der Waals surface area contributed by atoms with Gasteiger partial charge in [0.25, 0.3) is 0 Å². The highest BCUT2D eigenvalue weighted by atomic mass is 16.6. The molecule has 326 valence electrons. The minimum Gasteiger partial charge on any atom is -0.600 e. The summed E-state index contributed by atoms with van der Waals surface area (Å²) in [5, 5.41) is 26.6. The molecule has 0 radical (unpaired) electrons. The summed E-state index contributed by atoms with van der Waals surface area (Å²) in [5.41, 5.74) is 1.91. The van der Waals surface area contributed by atoms with Crippen molar-refractivity contribution in [1.29, 1.82) is 0 Å². The Balaban J connectivity index is 0.870. The summed E-state index contributed by atoms with van der Waals surface area (Å²) in [6, 6.07) is 0. The molecule has 11 aliphatic rings. The lowest BCUT2D eigenvalue weighted by molar-refractivity contribution is -0.939. The van der Waals surface area contributed by atoms with Gasteiger partial charge in [0.15, 0.2) is 0 Å². The number of hydrogen-bond acceptors (Lipinski definition) is 8. The molecule has 10 atom stereocenters. The zero-order valence-electron chi connectivity index (χ0n) is 37.6. The number of rotatable bonds is 10. The molecule has 5 saturated carbocycles. The van der Waals surface area contributed by atoms with Gasteiger partial charge in [-0.3, -0.25) is 19.8 Å². The van der Waals surface area contributed by atoms with Crippen molar-refractivity contribution in [2.45, 2.75) is 112 Å². The maximum absolute atomic E-state index is 13.3. The van der Waals surface area contributed by atoms with Gasteiger partial charge in [0.2, 0.25) is 0 Å². The van der Waals surface area contributed by atoms with Crippen molar-refractivity contribution in [2.24, 2.45) is 66.6 Å². The van der Waals surface area contributed by atoms with E-state index < -0.39 is 0 Å². The van der Waals surface area contributed by atoms with Gasteiger partial charge in [-0.05, 0) is 128 Å². The number of hydrogen-bond donors (Lipinski definition) is 0. The first-order valence-electron chi connectivity index (χ1n) is 24.1. The Bertz CT molecular complexity index is 1590. The standard InChI is InChI=1S/C48H80N6O4/c1-35(2)36-10-15-48(34-57-42(55)49-18-26-53-28-20-51(21-29-53)22-30-53)17-16-46(6)37(41(36)48)8-9-39-45(5)13-12-40(44(3,4)38(45)11-14-47(39,46)7)58-43(56)50-19-27-54-31-23-52(24-32-54)25-33-54/h36-41H,1,8-34H2,2-7H3/t36-,37?,38?,39?,40-,41?,45-,46+,47+,48+/m0/s1. The van der Waals surface area contributed by atoms with Gasteiger partial charge in [0, 0.05) is 52.0 Å². The van der Waals surface area contributed by atoms with Crippen molar-refractivity contribution in [2.75, 3.05) is 111 Å². The van der Waals surface area contributed by atoms with Crippen LogP contribution in [-0.2, 0) is 9.47 Å². The Morgan fingerprint density at radius 1 is 0.672 bits per heavy atom. The summed E-state index contributed by atoms with van der Waals surface area (Å²) >= 11 is 0. The smallest absolute Gasteiger partial charge is 0.145 e. The Kier molecular flexibility index (Phi) is 10.6. The molecule has 10 nitrogen and oxygen atoms in total. The largest absolute Gasteiger partial charge is 0.600 e. The lowest BCUT2D eigenvalue weighted by atomic mass is 9.32. The van der Waals surface area contributed by atoms with Gasteiger partial charge >= 0.3 is 0 Å². The Morgan fingerprint density at radius 2 is 1.26 bits per heavy atom. The van der Waals surface area contributed by atoms with Crippen LogP contribution < -0.4 is 10.2 Å². The summed E-state index contributed by atoms with van der Waals surface area (Å²) in [6.45, 7) is 37.6. The van der Waals surface area contributed by atoms with Crippen LogP contribution in [0.4, 0.5) is 0 Å². The van der Waals surface area contributed by atoms with E-state index in [4.69, 9.17) is 9.47 Å². The van der Waals surface area contributed by atoms with Gasteiger partial charge in [0.05, 0.1) is 65.4 Å². The van der Waals surface area contributed by atoms with Gasteiger partial charge in [0.1, 0.15) is 12.2 Å². The molecule has 58 heavy (non-hydrogen) atoms. The van der Waals surface area contributed by atoms with E-state index in [9.17, 15) is 10.2 Å². The van der Waals surface area contributed by atoms with E-state index in [-0.39, 0.29) is 45.3 Å². The van der Waals surface area contributed by atoms with E-state index in [0.29, 0.717) is 49.3 Å². The summed E-state index contributed by atoms with van der Waals surface area (Å²) in [4.78, 5) is 14.2. The second-order valence-corrected chi connectivity index (χ2v) is 23.3. The predicted molar refractivity (Wildman–Crippen MR) is 227 cm³/mol. The van der Waals surface area contributed by atoms with E-state index in [1.165, 1.54) is 116 Å². The third kappa shape index (κ3) is 6.69. The molecule has 6 heterocycles. The first-order valence-corrected chi connectivity index (χ1v) is 24.1. The lowest BCUT2D eigenvalue weighted by Crippen LogP contribution is -2.67. The van der Waals surface area contributed by atoms with Crippen LogP contribution in [0.5, 0.6) is 0 Å². The summed E-state index contributed by atoms with van der Waals surface area (Å²) in [7, 11) is 0. The topological polar surface area (TPSA) is 95.8 Å². The van der Waals surface area contributed by atoms with Crippen molar-refractivity contribution < 1.29 is 28.7 Å². The fraction of sp³-hybridized carbons (Fsp3) is 0.917. The van der Waals surface area contributed by atoms with Gasteiger partial charge in [-0.1, -0.05) is 46.8 Å². The minimum absolute atomic E-state index is 0.0237. The first kappa shape index (κ1) is 41.5. The van der Waals surface area contributed by atoms with Gasteiger partial charge in [-0.15, -0.1) is 0 Å². The first-order chi connectivity index (χ1) is 27.6. The molecular formula is C48H80N6O4. The van der Waals surface area contributed by atoms with Crippen LogP contribution in [0.1, 0.15) is 106 Å². The quantitative estimate of drug-likeness (QED) is 0.137. The fourth-order valence-corrected chi connectivity index (χ4v) is 17.0. The van der Waals surface area contributed by atoms with Crippen LogP contribution in [0, 0.1) is 56.7 Å². The SMILES string of the molecule is C=C(C)[C@@H]1CC[C@]2(COC([O-])=NCC[N+]34CCN(CC3)CC4)CC[C@]3(C)C(CCC4[C@@]5(C)CC[C@H](OC([O-])=NCC[N+]67CCN(CC6)CC7)C(C)(C)C5CC[C@]43C)C12. The summed E-state index contributed by atoms with van der Waals surface area (Å²) in [5.74, 6) is 2.75. The molecule has 0 aromatic rings. The van der Waals surface area contributed by atoms with Crippen LogP contribution in [0.2, 0.25) is 0 Å². The number of nitrogens with zero attached hydrogens (tertiary/aromatic N) is 6. The van der Waals surface area contributed by atoms with E-state index in [1.54, 1.807) is 0 Å². The fourth-order valence-electron chi connectivity index (χ4n) is 17.0. The van der Waals surface area contributed by atoms with E-state index in [1.807, 2.05) is 0 Å². The van der Waals surface area contributed by atoms with E-state index in [0.717, 1.165) is 54.2 Å². The molecule has 5 aliphatic carbocycles. The molecule has 0 aromatic carbocycles. The Hall–Kier alpha value is -1.88. The van der Waals surface area contributed by atoms with Gasteiger partial charge in [-0.25, -0.2) is 0 Å². The lowest BCUT2D eigenvalue weighted by Gasteiger charge is -2.73. The highest BCUT2D eigenvalue weighted by Crippen LogP contribution is 2.77. The maximum atomic E-state index is 13.3. The number of piperazine rings is 6. The highest BCUT2D eigenvalue weighted by Gasteiger charge is 2.70. The van der Waals surface area contributed by atoms with Crippen molar-refractivity contribution in [1.82, 2.24) is 9.80 Å². The van der Waals surface area contributed by atoms with Gasteiger partial charge < -0.3 is 28.7 Å².